The van der Waals surface area contributed by atoms with Crippen LogP contribution < -0.4 is 11.1 Å². The van der Waals surface area contributed by atoms with Gasteiger partial charge in [-0.25, -0.2) is 0 Å². The molecule has 1 saturated carbocycles. The van der Waals surface area contributed by atoms with Crippen LogP contribution >= 0.6 is 11.8 Å². The largest absolute Gasteiger partial charge is 0.468 e. The highest BCUT2D eigenvalue weighted by molar-refractivity contribution is 8.00. The van der Waals surface area contributed by atoms with Gasteiger partial charge in [-0.05, 0) is 12.8 Å². The molecule has 0 bridgehead atoms. The number of amides is 1. The molecular weight excluding hydrogens is 216 g/mol. The normalized spacial score (nSPS) is 16.9. The van der Waals surface area contributed by atoms with Gasteiger partial charge in [-0.2, -0.15) is 0 Å². The zero-order valence-corrected chi connectivity index (χ0v) is 9.51. The SMILES string of the molecule is COC(=O)C(N)CSCC(=O)NC1CC1. The Bertz CT molecular complexity index is 244. The summed E-state index contributed by atoms with van der Waals surface area (Å²) in [6, 6.07) is -0.263. The van der Waals surface area contributed by atoms with E-state index in [4.69, 9.17) is 5.73 Å². The van der Waals surface area contributed by atoms with E-state index in [0.717, 1.165) is 12.8 Å². The number of hydrogen-bond acceptors (Lipinski definition) is 5. The lowest BCUT2D eigenvalue weighted by atomic mass is 10.4. The maximum Gasteiger partial charge on any atom is 0.323 e. The van der Waals surface area contributed by atoms with E-state index in [1.165, 1.54) is 18.9 Å². The summed E-state index contributed by atoms with van der Waals surface area (Å²) in [4.78, 5) is 22.1. The van der Waals surface area contributed by atoms with Gasteiger partial charge < -0.3 is 15.8 Å². The van der Waals surface area contributed by atoms with Gasteiger partial charge in [-0.1, -0.05) is 0 Å². The van der Waals surface area contributed by atoms with Crippen molar-refractivity contribution in [3.05, 3.63) is 0 Å². The summed E-state index contributed by atoms with van der Waals surface area (Å²) in [5, 5.41) is 2.85. The molecule has 1 fully saturated rings. The molecule has 0 aliphatic heterocycles. The molecule has 0 radical (unpaired) electrons. The lowest BCUT2D eigenvalue weighted by Crippen LogP contribution is -2.35. The van der Waals surface area contributed by atoms with E-state index < -0.39 is 12.0 Å². The Morgan fingerprint density at radius 3 is 2.80 bits per heavy atom. The third-order valence-corrected chi connectivity index (χ3v) is 3.04. The highest BCUT2D eigenvalue weighted by Crippen LogP contribution is 2.18. The van der Waals surface area contributed by atoms with Crippen molar-refractivity contribution >= 4 is 23.6 Å². The van der Waals surface area contributed by atoms with Gasteiger partial charge in [0.25, 0.3) is 0 Å². The Hall–Kier alpha value is -0.750. The molecule has 5 nitrogen and oxygen atoms in total. The molecule has 1 unspecified atom stereocenters. The predicted molar refractivity (Wildman–Crippen MR) is 58.5 cm³/mol. The minimum atomic E-state index is -0.645. The quantitative estimate of drug-likeness (QED) is 0.603. The molecule has 0 aromatic carbocycles. The summed E-state index contributed by atoms with van der Waals surface area (Å²) < 4.78 is 4.47. The van der Waals surface area contributed by atoms with E-state index in [1.54, 1.807) is 0 Å². The molecule has 0 aromatic heterocycles. The monoisotopic (exact) mass is 232 g/mol. The molecule has 1 aliphatic rings. The smallest absolute Gasteiger partial charge is 0.323 e. The van der Waals surface area contributed by atoms with Crippen molar-refractivity contribution in [1.82, 2.24) is 5.32 Å². The van der Waals surface area contributed by atoms with E-state index in [2.05, 4.69) is 10.1 Å². The fourth-order valence-corrected chi connectivity index (χ4v) is 1.77. The Morgan fingerprint density at radius 2 is 2.27 bits per heavy atom. The first-order valence-corrected chi connectivity index (χ1v) is 5.99. The second-order valence-electron chi connectivity index (χ2n) is 3.49. The maximum atomic E-state index is 11.2. The van der Waals surface area contributed by atoms with Crippen molar-refractivity contribution in [2.75, 3.05) is 18.6 Å². The molecule has 1 aliphatic carbocycles. The van der Waals surface area contributed by atoms with Gasteiger partial charge in [0, 0.05) is 11.8 Å². The van der Waals surface area contributed by atoms with Crippen LogP contribution in [0.4, 0.5) is 0 Å². The minimum absolute atomic E-state index is 0.0135. The number of esters is 1. The van der Waals surface area contributed by atoms with Gasteiger partial charge >= 0.3 is 5.97 Å². The zero-order chi connectivity index (χ0) is 11.3. The summed E-state index contributed by atoms with van der Waals surface area (Å²) in [6.07, 6.45) is 2.16. The molecule has 86 valence electrons. The number of nitrogens with one attached hydrogen (secondary N) is 1. The van der Waals surface area contributed by atoms with Crippen LogP contribution in [0.1, 0.15) is 12.8 Å². The van der Waals surface area contributed by atoms with Crippen molar-refractivity contribution in [2.24, 2.45) is 5.73 Å². The van der Waals surface area contributed by atoms with Crippen LogP contribution in [-0.2, 0) is 14.3 Å². The van der Waals surface area contributed by atoms with Crippen molar-refractivity contribution in [3.8, 4) is 0 Å². The fraction of sp³-hybridized carbons (Fsp3) is 0.778. The molecule has 6 heteroatoms. The molecule has 15 heavy (non-hydrogen) atoms. The van der Waals surface area contributed by atoms with Crippen LogP contribution in [0.3, 0.4) is 0 Å². The third-order valence-electron chi connectivity index (χ3n) is 1.98. The second kappa shape index (κ2) is 5.97. The number of hydrogen-bond donors (Lipinski definition) is 2. The summed E-state index contributed by atoms with van der Waals surface area (Å²) in [7, 11) is 1.30. The van der Waals surface area contributed by atoms with Gasteiger partial charge in [0.2, 0.25) is 5.91 Å². The van der Waals surface area contributed by atoms with Crippen molar-refractivity contribution in [3.63, 3.8) is 0 Å². The summed E-state index contributed by atoms with van der Waals surface area (Å²) >= 11 is 1.35. The molecule has 0 aromatic rings. The number of methoxy groups -OCH3 is 1. The Kier molecular flexibility index (Phi) is 4.90. The third kappa shape index (κ3) is 5.03. The highest BCUT2D eigenvalue weighted by atomic mass is 32.2. The number of rotatable bonds is 6. The van der Waals surface area contributed by atoms with Crippen molar-refractivity contribution < 1.29 is 14.3 Å². The van der Waals surface area contributed by atoms with Crippen molar-refractivity contribution in [1.29, 1.82) is 0 Å². The molecule has 3 N–H and O–H groups in total. The van der Waals surface area contributed by atoms with Crippen molar-refractivity contribution in [2.45, 2.75) is 24.9 Å². The highest BCUT2D eigenvalue weighted by Gasteiger charge is 2.23. The number of carbonyl (C=O) groups excluding carboxylic acids is 2. The van der Waals surface area contributed by atoms with E-state index in [9.17, 15) is 9.59 Å². The molecule has 1 atom stereocenters. The van der Waals surface area contributed by atoms with Gasteiger partial charge in [-0.3, -0.25) is 9.59 Å². The first-order chi connectivity index (χ1) is 7.13. The maximum absolute atomic E-state index is 11.2. The number of carbonyl (C=O) groups is 2. The van der Waals surface area contributed by atoms with Crippen LogP contribution in [0.15, 0.2) is 0 Å². The van der Waals surface area contributed by atoms with Crippen LogP contribution in [0.5, 0.6) is 0 Å². The molecule has 0 spiro atoms. The predicted octanol–water partition coefficient (Wildman–Crippen LogP) is -0.501. The van der Waals surface area contributed by atoms with Gasteiger partial charge in [0.1, 0.15) is 6.04 Å². The van der Waals surface area contributed by atoms with Crippen LogP contribution in [0.25, 0.3) is 0 Å². The fourth-order valence-electron chi connectivity index (χ4n) is 0.995. The zero-order valence-electron chi connectivity index (χ0n) is 8.69. The standard InChI is InChI=1S/C9H16N2O3S/c1-14-9(13)7(10)4-15-5-8(12)11-6-2-3-6/h6-7H,2-5,10H2,1H3,(H,11,12). The topological polar surface area (TPSA) is 81.4 Å². The Morgan fingerprint density at radius 1 is 1.60 bits per heavy atom. The average Bonchev–Trinajstić information content (AvgIpc) is 3.00. The van der Waals surface area contributed by atoms with Crippen LogP contribution in [-0.4, -0.2) is 42.6 Å². The summed E-state index contributed by atoms with van der Waals surface area (Å²) in [6.45, 7) is 0. The van der Waals surface area contributed by atoms with E-state index in [1.807, 2.05) is 0 Å². The van der Waals surface area contributed by atoms with Gasteiger partial charge in [0.05, 0.1) is 12.9 Å². The van der Waals surface area contributed by atoms with E-state index in [-0.39, 0.29) is 5.91 Å². The van der Waals surface area contributed by atoms with E-state index >= 15 is 0 Å². The molecule has 1 rings (SSSR count). The Labute approximate surface area is 93.1 Å². The molecular formula is C9H16N2O3S. The number of ether oxygens (including phenoxy) is 1. The van der Waals surface area contributed by atoms with Crippen LogP contribution in [0, 0.1) is 0 Å². The van der Waals surface area contributed by atoms with E-state index in [0.29, 0.717) is 17.5 Å². The van der Waals surface area contributed by atoms with Gasteiger partial charge in [0.15, 0.2) is 0 Å². The molecule has 0 heterocycles. The minimum Gasteiger partial charge on any atom is -0.468 e. The summed E-state index contributed by atoms with van der Waals surface area (Å²) in [5.41, 5.74) is 5.50. The first-order valence-electron chi connectivity index (χ1n) is 4.84. The lowest BCUT2D eigenvalue weighted by Gasteiger charge is -2.08. The second-order valence-corrected chi connectivity index (χ2v) is 4.52. The average molecular weight is 232 g/mol. The van der Waals surface area contributed by atoms with Gasteiger partial charge in [-0.15, -0.1) is 11.8 Å². The number of nitrogens with two attached hydrogens (primary N) is 1. The number of thioether (sulfide) groups is 1. The first kappa shape index (κ1) is 12.3. The molecule has 0 saturated heterocycles. The van der Waals surface area contributed by atoms with Crippen LogP contribution in [0.2, 0.25) is 0 Å². The molecule has 1 amide bonds. The Balaban J connectivity index is 2.03. The summed E-state index contributed by atoms with van der Waals surface area (Å²) in [5.74, 6) is 0.330. The lowest BCUT2D eigenvalue weighted by molar-refractivity contribution is -0.141.